The summed E-state index contributed by atoms with van der Waals surface area (Å²) in [6.45, 7) is 2.29. The summed E-state index contributed by atoms with van der Waals surface area (Å²) in [7, 11) is 0. The van der Waals surface area contributed by atoms with Gasteiger partial charge in [-0.05, 0) is 9.85 Å². The lowest BCUT2D eigenvalue weighted by Gasteiger charge is -2.07. The van der Waals surface area contributed by atoms with E-state index in [0.717, 1.165) is 6.20 Å². The van der Waals surface area contributed by atoms with Gasteiger partial charge in [0.15, 0.2) is 5.82 Å². The average Bonchev–Trinajstić information content (AvgIpc) is 3.27. The standard InChI is InChI=1S/C15H20N8O6/c1-11-19-10-14(22(26)27)21(11)9-6-17-13(25)3-2-12(24)16-4-7-20-8-5-18-15(20)23(28)29/h5,8,10H,2-4,6-7,9H2,1H3,(H,16,24)(H,17,25). The molecule has 2 rings (SSSR count). The predicted octanol–water partition coefficient (Wildman–Crippen LogP) is -0.0828. The number of aryl methyl sites for hydroxylation is 1. The fourth-order valence-electron chi connectivity index (χ4n) is 2.55. The van der Waals surface area contributed by atoms with E-state index in [1.807, 2.05) is 0 Å². The van der Waals surface area contributed by atoms with Crippen LogP contribution in [0.4, 0.5) is 11.8 Å². The van der Waals surface area contributed by atoms with Gasteiger partial charge in [-0.2, -0.15) is 0 Å². The lowest BCUT2D eigenvalue weighted by atomic mass is 10.3. The van der Waals surface area contributed by atoms with Gasteiger partial charge in [0.25, 0.3) is 0 Å². The van der Waals surface area contributed by atoms with Crippen molar-refractivity contribution in [1.82, 2.24) is 29.7 Å². The molecule has 0 atom stereocenters. The molecule has 2 aromatic rings. The molecule has 2 heterocycles. The zero-order valence-electron chi connectivity index (χ0n) is 15.6. The maximum atomic E-state index is 11.8. The van der Waals surface area contributed by atoms with Gasteiger partial charge in [0.05, 0.1) is 13.1 Å². The van der Waals surface area contributed by atoms with Crippen molar-refractivity contribution in [3.05, 3.63) is 44.6 Å². The molecule has 0 radical (unpaired) electrons. The number of imidazole rings is 2. The third-order valence-electron chi connectivity index (χ3n) is 3.99. The number of nitrogens with one attached hydrogen (secondary N) is 2. The Morgan fingerprint density at radius 1 is 1.03 bits per heavy atom. The molecule has 2 aromatic heterocycles. The predicted molar refractivity (Wildman–Crippen MR) is 97.8 cm³/mol. The largest absolute Gasteiger partial charge is 0.434 e. The van der Waals surface area contributed by atoms with Crippen LogP contribution in [-0.4, -0.2) is 53.9 Å². The molecule has 14 heteroatoms. The number of nitro groups is 2. The molecule has 29 heavy (non-hydrogen) atoms. The van der Waals surface area contributed by atoms with Crippen LogP contribution in [0.3, 0.4) is 0 Å². The van der Waals surface area contributed by atoms with Crippen molar-refractivity contribution in [2.45, 2.75) is 32.9 Å². The minimum atomic E-state index is -0.619. The van der Waals surface area contributed by atoms with Crippen LogP contribution in [0.2, 0.25) is 0 Å². The first-order valence-electron chi connectivity index (χ1n) is 8.65. The summed E-state index contributed by atoms with van der Waals surface area (Å²) in [5.41, 5.74) is 0. The van der Waals surface area contributed by atoms with Crippen LogP contribution in [-0.2, 0) is 22.7 Å². The maximum Gasteiger partial charge on any atom is 0.434 e. The highest BCUT2D eigenvalue weighted by atomic mass is 16.6. The molecule has 0 spiro atoms. The SMILES string of the molecule is Cc1ncc([N+](=O)[O-])n1CCNC(=O)CCC(=O)NCCn1ccnc1[N+](=O)[O-]. The Hall–Kier alpha value is -3.84. The van der Waals surface area contributed by atoms with Crippen LogP contribution >= 0.6 is 0 Å². The van der Waals surface area contributed by atoms with E-state index in [1.54, 1.807) is 6.92 Å². The number of nitrogens with zero attached hydrogens (tertiary/aromatic N) is 6. The van der Waals surface area contributed by atoms with Crippen LogP contribution in [0.15, 0.2) is 18.6 Å². The van der Waals surface area contributed by atoms with Gasteiger partial charge in [-0.15, -0.1) is 0 Å². The van der Waals surface area contributed by atoms with E-state index in [4.69, 9.17) is 0 Å². The van der Waals surface area contributed by atoms with Gasteiger partial charge < -0.3 is 30.9 Å². The lowest BCUT2D eigenvalue weighted by Crippen LogP contribution is -2.31. The van der Waals surface area contributed by atoms with E-state index in [2.05, 4.69) is 20.6 Å². The highest BCUT2D eigenvalue weighted by Gasteiger charge is 2.17. The summed E-state index contributed by atoms with van der Waals surface area (Å²) in [6.07, 6.45) is 3.78. The molecule has 2 N–H and O–H groups in total. The molecule has 156 valence electrons. The quantitative estimate of drug-likeness (QED) is 0.382. The summed E-state index contributed by atoms with van der Waals surface area (Å²) in [5.74, 6) is -0.750. The highest BCUT2D eigenvalue weighted by Crippen LogP contribution is 2.12. The van der Waals surface area contributed by atoms with Crippen molar-refractivity contribution in [2.75, 3.05) is 13.1 Å². The van der Waals surface area contributed by atoms with Crippen LogP contribution < -0.4 is 10.6 Å². The summed E-state index contributed by atoms with van der Waals surface area (Å²) in [5, 5.41) is 26.8. The fraction of sp³-hybridized carbons (Fsp3) is 0.467. The molecule has 0 fully saturated rings. The van der Waals surface area contributed by atoms with Gasteiger partial charge in [-0.1, -0.05) is 4.98 Å². The number of aromatic nitrogens is 4. The molecule has 14 nitrogen and oxygen atoms in total. The van der Waals surface area contributed by atoms with E-state index in [9.17, 15) is 29.8 Å². The molecule has 2 amide bonds. The van der Waals surface area contributed by atoms with E-state index >= 15 is 0 Å². The first kappa shape index (κ1) is 21.5. The molecular weight excluding hydrogens is 388 g/mol. The lowest BCUT2D eigenvalue weighted by molar-refractivity contribution is -0.396. The summed E-state index contributed by atoms with van der Waals surface area (Å²) < 4.78 is 2.67. The maximum absolute atomic E-state index is 11.8. The second-order valence-electron chi connectivity index (χ2n) is 5.95. The van der Waals surface area contributed by atoms with Crippen LogP contribution in [0.25, 0.3) is 0 Å². The average molecular weight is 408 g/mol. The van der Waals surface area contributed by atoms with Gasteiger partial charge in [0, 0.05) is 26.3 Å². The monoisotopic (exact) mass is 408 g/mol. The summed E-state index contributed by atoms with van der Waals surface area (Å²) in [6, 6.07) is 0. The summed E-state index contributed by atoms with van der Waals surface area (Å²) in [4.78, 5) is 51.5. The van der Waals surface area contributed by atoms with E-state index in [1.165, 1.54) is 21.5 Å². The first-order chi connectivity index (χ1) is 13.8. The topological polar surface area (TPSA) is 180 Å². The van der Waals surface area contributed by atoms with Crippen molar-refractivity contribution in [3.63, 3.8) is 0 Å². The highest BCUT2D eigenvalue weighted by molar-refractivity contribution is 5.83. The number of amides is 2. The van der Waals surface area contributed by atoms with Crippen molar-refractivity contribution in [1.29, 1.82) is 0 Å². The Morgan fingerprint density at radius 2 is 1.66 bits per heavy atom. The van der Waals surface area contributed by atoms with E-state index < -0.39 is 9.85 Å². The van der Waals surface area contributed by atoms with Crippen molar-refractivity contribution in [3.8, 4) is 0 Å². The Kier molecular flexibility index (Phi) is 7.33. The molecule has 0 unspecified atom stereocenters. The normalized spacial score (nSPS) is 10.5. The van der Waals surface area contributed by atoms with Gasteiger partial charge in [-0.25, -0.2) is 14.1 Å². The van der Waals surface area contributed by atoms with Gasteiger partial charge in [0.2, 0.25) is 11.8 Å². The number of hydrogen-bond acceptors (Lipinski definition) is 8. The zero-order valence-corrected chi connectivity index (χ0v) is 15.6. The van der Waals surface area contributed by atoms with Crippen LogP contribution in [0.1, 0.15) is 18.7 Å². The summed E-state index contributed by atoms with van der Waals surface area (Å²) >= 11 is 0. The van der Waals surface area contributed by atoms with Crippen molar-refractivity contribution >= 4 is 23.6 Å². The van der Waals surface area contributed by atoms with Gasteiger partial charge in [-0.3, -0.25) is 9.59 Å². The zero-order chi connectivity index (χ0) is 21.4. The Bertz CT molecular complexity index is 905. The molecule has 0 bridgehead atoms. The van der Waals surface area contributed by atoms with Crippen molar-refractivity contribution in [2.24, 2.45) is 0 Å². The molecular formula is C15H20N8O6. The van der Waals surface area contributed by atoms with E-state index in [0.29, 0.717) is 5.82 Å². The Morgan fingerprint density at radius 3 is 2.24 bits per heavy atom. The van der Waals surface area contributed by atoms with Gasteiger partial charge in [0.1, 0.15) is 25.1 Å². The molecule has 0 aromatic carbocycles. The second-order valence-corrected chi connectivity index (χ2v) is 5.95. The number of hydrogen-bond donors (Lipinski definition) is 2. The third kappa shape index (κ3) is 6.08. The third-order valence-corrected chi connectivity index (χ3v) is 3.99. The minimum Gasteiger partial charge on any atom is -0.390 e. The second kappa shape index (κ2) is 9.91. The van der Waals surface area contributed by atoms with Crippen LogP contribution in [0, 0.1) is 27.2 Å². The van der Waals surface area contributed by atoms with Crippen LogP contribution in [0.5, 0.6) is 0 Å². The fourth-order valence-corrected chi connectivity index (χ4v) is 2.55. The first-order valence-corrected chi connectivity index (χ1v) is 8.65. The Labute approximate surface area is 164 Å². The van der Waals surface area contributed by atoms with Gasteiger partial charge >= 0.3 is 11.8 Å². The molecule has 0 saturated carbocycles. The van der Waals surface area contributed by atoms with E-state index in [-0.39, 0.29) is 62.6 Å². The smallest absolute Gasteiger partial charge is 0.390 e. The molecule has 0 aliphatic rings. The number of rotatable bonds is 11. The Balaban J connectivity index is 1.65. The molecule has 0 saturated heterocycles. The number of carbonyl (C=O) groups excluding carboxylic acids is 2. The number of carbonyl (C=O) groups is 2. The van der Waals surface area contributed by atoms with Crippen molar-refractivity contribution < 1.29 is 19.4 Å². The molecule has 0 aliphatic heterocycles. The minimum absolute atomic E-state index is 0.0535. The molecule has 0 aliphatic carbocycles.